The summed E-state index contributed by atoms with van der Waals surface area (Å²) in [7, 11) is 0. The van der Waals surface area contributed by atoms with Gasteiger partial charge >= 0.3 is 0 Å². The molecule has 0 aromatic carbocycles. The van der Waals surface area contributed by atoms with Crippen molar-refractivity contribution in [3.8, 4) is 0 Å². The molecule has 0 spiro atoms. The number of rotatable bonds is 4. The second kappa shape index (κ2) is 5.49. The molecule has 0 amide bonds. The molecule has 4 nitrogen and oxygen atoms in total. The summed E-state index contributed by atoms with van der Waals surface area (Å²) >= 11 is 0. The van der Waals surface area contributed by atoms with Crippen LogP contribution >= 0.6 is 0 Å². The molecule has 1 fully saturated rings. The Hall–Kier alpha value is -0.870. The van der Waals surface area contributed by atoms with E-state index in [0.717, 1.165) is 29.9 Å². The molecule has 114 valence electrons. The summed E-state index contributed by atoms with van der Waals surface area (Å²) in [5, 5.41) is 17.6. The van der Waals surface area contributed by atoms with Gasteiger partial charge in [-0.05, 0) is 44.4 Å². The van der Waals surface area contributed by atoms with Gasteiger partial charge in [-0.2, -0.15) is 0 Å². The summed E-state index contributed by atoms with van der Waals surface area (Å²) in [5.74, 6) is 1.49. The van der Waals surface area contributed by atoms with Crippen LogP contribution in [0.2, 0.25) is 0 Å². The number of aromatic nitrogens is 1. The van der Waals surface area contributed by atoms with E-state index in [2.05, 4.69) is 31.2 Å². The zero-order chi connectivity index (χ0) is 15.0. The first-order valence-corrected chi connectivity index (χ1v) is 7.55. The van der Waals surface area contributed by atoms with Gasteiger partial charge in [0.15, 0.2) is 0 Å². The molecule has 2 unspecified atom stereocenters. The normalized spacial score (nSPS) is 29.6. The maximum absolute atomic E-state index is 9.96. The van der Waals surface area contributed by atoms with Crippen LogP contribution in [0.15, 0.2) is 4.52 Å². The average molecular weight is 280 g/mol. The maximum Gasteiger partial charge on any atom is 0.138 e. The van der Waals surface area contributed by atoms with Crippen LogP contribution in [-0.4, -0.2) is 22.4 Å². The largest absolute Gasteiger partial charge is 0.394 e. The van der Waals surface area contributed by atoms with Crippen molar-refractivity contribution < 1.29 is 9.63 Å². The van der Waals surface area contributed by atoms with Crippen LogP contribution in [0.1, 0.15) is 57.1 Å². The minimum Gasteiger partial charge on any atom is -0.394 e. The topological polar surface area (TPSA) is 58.3 Å². The standard InChI is InChI=1S/C16H28N2O2/c1-11-6-15(4,5)9-16(7-11,10-19)17-8-14-12(2)18-20-13(14)3/h11,17,19H,6-10H2,1-5H3. The molecule has 1 aliphatic rings. The molecule has 1 aromatic heterocycles. The third-order valence-electron chi connectivity index (χ3n) is 4.58. The van der Waals surface area contributed by atoms with E-state index >= 15 is 0 Å². The lowest BCUT2D eigenvalue weighted by Crippen LogP contribution is -2.54. The molecule has 2 rings (SSSR count). The first-order valence-electron chi connectivity index (χ1n) is 7.55. The van der Waals surface area contributed by atoms with Gasteiger partial charge in [0.05, 0.1) is 12.3 Å². The number of hydrogen-bond acceptors (Lipinski definition) is 4. The summed E-state index contributed by atoms with van der Waals surface area (Å²) in [6.07, 6.45) is 3.25. The SMILES string of the molecule is Cc1noc(C)c1CNC1(CO)CC(C)CC(C)(C)C1. The number of aryl methyl sites for hydroxylation is 2. The van der Waals surface area contributed by atoms with E-state index in [4.69, 9.17) is 4.52 Å². The molecule has 2 atom stereocenters. The summed E-state index contributed by atoms with van der Waals surface area (Å²) in [4.78, 5) is 0. The molecular weight excluding hydrogens is 252 g/mol. The molecule has 0 aliphatic heterocycles. The van der Waals surface area contributed by atoms with Gasteiger partial charge in [0.2, 0.25) is 0 Å². The highest BCUT2D eigenvalue weighted by Gasteiger charge is 2.42. The van der Waals surface area contributed by atoms with E-state index in [9.17, 15) is 5.11 Å². The van der Waals surface area contributed by atoms with Gasteiger partial charge in [-0.25, -0.2) is 0 Å². The van der Waals surface area contributed by atoms with E-state index in [-0.39, 0.29) is 17.6 Å². The van der Waals surface area contributed by atoms with Gasteiger partial charge in [-0.3, -0.25) is 0 Å². The van der Waals surface area contributed by atoms with Crippen LogP contribution in [0.4, 0.5) is 0 Å². The Bertz CT molecular complexity index is 448. The van der Waals surface area contributed by atoms with Crippen molar-refractivity contribution in [3.63, 3.8) is 0 Å². The van der Waals surface area contributed by atoms with E-state index < -0.39 is 0 Å². The lowest BCUT2D eigenvalue weighted by molar-refractivity contribution is 0.0351. The predicted octanol–water partition coefficient (Wildman–Crippen LogP) is 2.96. The van der Waals surface area contributed by atoms with E-state index in [1.807, 2.05) is 13.8 Å². The second-order valence-electron chi connectivity index (χ2n) is 7.45. The molecule has 1 heterocycles. The lowest BCUT2D eigenvalue weighted by atomic mass is 9.64. The van der Waals surface area contributed by atoms with Crippen molar-refractivity contribution in [1.29, 1.82) is 0 Å². The molecule has 1 saturated carbocycles. The number of hydrogen-bond donors (Lipinski definition) is 2. The van der Waals surface area contributed by atoms with Crippen molar-refractivity contribution in [2.75, 3.05) is 6.61 Å². The quantitative estimate of drug-likeness (QED) is 0.890. The Morgan fingerprint density at radius 1 is 1.35 bits per heavy atom. The van der Waals surface area contributed by atoms with Gasteiger partial charge < -0.3 is 14.9 Å². The first kappa shape index (κ1) is 15.5. The average Bonchev–Trinajstić information content (AvgIpc) is 2.64. The molecule has 20 heavy (non-hydrogen) atoms. The number of nitrogens with one attached hydrogen (secondary N) is 1. The van der Waals surface area contributed by atoms with E-state index in [1.54, 1.807) is 0 Å². The van der Waals surface area contributed by atoms with Gasteiger partial charge in [-0.1, -0.05) is 25.9 Å². The number of aliphatic hydroxyl groups is 1. The monoisotopic (exact) mass is 280 g/mol. The smallest absolute Gasteiger partial charge is 0.138 e. The van der Waals surface area contributed by atoms with Crippen LogP contribution in [0.5, 0.6) is 0 Å². The summed E-state index contributed by atoms with van der Waals surface area (Å²) in [5.41, 5.74) is 2.14. The fraction of sp³-hybridized carbons (Fsp3) is 0.812. The molecule has 1 aromatic rings. The Balaban J connectivity index is 2.12. The van der Waals surface area contributed by atoms with Crippen LogP contribution in [0, 0.1) is 25.2 Å². The Morgan fingerprint density at radius 2 is 2.05 bits per heavy atom. The minimum absolute atomic E-state index is 0.183. The van der Waals surface area contributed by atoms with Crippen molar-refractivity contribution >= 4 is 0 Å². The summed E-state index contributed by atoms with van der Waals surface area (Å²) in [6.45, 7) is 11.7. The number of nitrogens with zero attached hydrogens (tertiary/aromatic N) is 1. The maximum atomic E-state index is 9.96. The van der Waals surface area contributed by atoms with Crippen molar-refractivity contribution in [2.45, 2.75) is 66.0 Å². The van der Waals surface area contributed by atoms with Crippen LogP contribution in [-0.2, 0) is 6.54 Å². The Labute approximate surface area is 121 Å². The predicted molar refractivity (Wildman–Crippen MR) is 79.4 cm³/mol. The van der Waals surface area contributed by atoms with Crippen molar-refractivity contribution in [3.05, 3.63) is 17.0 Å². The summed E-state index contributed by atoms with van der Waals surface area (Å²) < 4.78 is 5.21. The third kappa shape index (κ3) is 3.23. The van der Waals surface area contributed by atoms with Crippen LogP contribution in [0.25, 0.3) is 0 Å². The zero-order valence-electron chi connectivity index (χ0n) is 13.4. The molecule has 0 bridgehead atoms. The Morgan fingerprint density at radius 3 is 2.55 bits per heavy atom. The molecule has 0 saturated heterocycles. The Kier molecular flexibility index (Phi) is 4.26. The van der Waals surface area contributed by atoms with Gasteiger partial charge in [0.1, 0.15) is 5.76 Å². The van der Waals surface area contributed by atoms with E-state index in [1.165, 1.54) is 6.42 Å². The third-order valence-corrected chi connectivity index (χ3v) is 4.58. The molecule has 4 heteroatoms. The molecular formula is C16H28N2O2. The molecule has 2 N–H and O–H groups in total. The van der Waals surface area contributed by atoms with Crippen LogP contribution < -0.4 is 5.32 Å². The van der Waals surface area contributed by atoms with E-state index in [0.29, 0.717) is 12.5 Å². The van der Waals surface area contributed by atoms with Gasteiger partial charge in [-0.15, -0.1) is 0 Å². The van der Waals surface area contributed by atoms with Crippen molar-refractivity contribution in [2.24, 2.45) is 11.3 Å². The fourth-order valence-electron chi connectivity index (χ4n) is 4.08. The van der Waals surface area contributed by atoms with Gasteiger partial charge in [0, 0.05) is 17.6 Å². The van der Waals surface area contributed by atoms with Crippen molar-refractivity contribution in [1.82, 2.24) is 10.5 Å². The fourth-order valence-corrected chi connectivity index (χ4v) is 4.08. The zero-order valence-corrected chi connectivity index (χ0v) is 13.4. The molecule has 0 radical (unpaired) electrons. The minimum atomic E-state index is -0.183. The highest BCUT2D eigenvalue weighted by atomic mass is 16.5. The highest BCUT2D eigenvalue weighted by Crippen LogP contribution is 2.43. The highest BCUT2D eigenvalue weighted by molar-refractivity contribution is 5.21. The van der Waals surface area contributed by atoms with Gasteiger partial charge in [0.25, 0.3) is 0 Å². The van der Waals surface area contributed by atoms with Crippen LogP contribution in [0.3, 0.4) is 0 Å². The number of aliphatic hydroxyl groups excluding tert-OH is 1. The second-order valence-corrected chi connectivity index (χ2v) is 7.45. The lowest BCUT2D eigenvalue weighted by Gasteiger charge is -2.47. The summed E-state index contributed by atoms with van der Waals surface area (Å²) in [6, 6.07) is 0. The first-order chi connectivity index (χ1) is 9.27. The molecule has 1 aliphatic carbocycles.